The molecule has 1 saturated heterocycles. The van der Waals surface area contributed by atoms with Crippen LogP contribution >= 0.6 is 0 Å². The van der Waals surface area contributed by atoms with Crippen LogP contribution in [0.15, 0.2) is 34.5 Å². The Morgan fingerprint density at radius 1 is 1.20 bits per heavy atom. The Morgan fingerprint density at radius 3 is 2.90 bits per heavy atom. The highest BCUT2D eigenvalue weighted by molar-refractivity contribution is 5.76. The molecular weight excluding hydrogens is 374 g/mol. The molecule has 2 heterocycles. The molecule has 0 aromatic carbocycles. The fourth-order valence-electron chi connectivity index (χ4n) is 7.12. The van der Waals surface area contributed by atoms with E-state index in [9.17, 15) is 4.79 Å². The first-order chi connectivity index (χ1) is 14.5. The Morgan fingerprint density at radius 2 is 2.07 bits per heavy atom. The van der Waals surface area contributed by atoms with Gasteiger partial charge < -0.3 is 14.5 Å². The second-order valence-electron chi connectivity index (χ2n) is 10.8. The number of nitrogens with two attached hydrogens (primary N) is 1. The summed E-state index contributed by atoms with van der Waals surface area (Å²) >= 11 is 0. The van der Waals surface area contributed by atoms with Crippen molar-refractivity contribution in [3.05, 3.63) is 35.8 Å². The maximum absolute atomic E-state index is 12.9. The molecule has 2 saturated carbocycles. The number of hydrogen-bond acceptors (Lipinski definition) is 3. The minimum atomic E-state index is 0.0207. The number of carbonyl (C=O) groups excluding carboxylic acids is 1. The predicted molar refractivity (Wildman–Crippen MR) is 116 cm³/mol. The number of quaternary nitrogens is 1. The summed E-state index contributed by atoms with van der Waals surface area (Å²) in [7, 11) is 0. The van der Waals surface area contributed by atoms with E-state index in [0.717, 1.165) is 25.1 Å². The lowest BCUT2D eigenvalue weighted by Gasteiger charge is -2.45. The molecule has 0 bridgehead atoms. The van der Waals surface area contributed by atoms with Gasteiger partial charge in [-0.25, -0.2) is 0 Å². The average molecular weight is 413 g/mol. The van der Waals surface area contributed by atoms with Gasteiger partial charge >= 0.3 is 5.97 Å². The zero-order chi connectivity index (χ0) is 20.7. The van der Waals surface area contributed by atoms with Crippen LogP contribution < -0.4 is 5.32 Å². The maximum Gasteiger partial charge on any atom is 0.315 e. The Kier molecular flexibility index (Phi) is 5.55. The summed E-state index contributed by atoms with van der Waals surface area (Å²) in [5.74, 6) is 2.75. The number of hydrogen-bond donors (Lipinski definition) is 1. The first-order valence-electron chi connectivity index (χ1n) is 12.3. The van der Waals surface area contributed by atoms with E-state index < -0.39 is 0 Å². The largest absolute Gasteiger partial charge is 0.469 e. The molecule has 0 spiro atoms. The molecule has 4 nitrogen and oxygen atoms in total. The summed E-state index contributed by atoms with van der Waals surface area (Å²) < 4.78 is 11.6. The van der Waals surface area contributed by atoms with Crippen LogP contribution in [0.2, 0.25) is 0 Å². The van der Waals surface area contributed by atoms with Crippen LogP contribution in [-0.2, 0) is 16.0 Å². The molecule has 4 heteroatoms. The van der Waals surface area contributed by atoms with Crippen LogP contribution in [0, 0.1) is 29.1 Å². The smallest absolute Gasteiger partial charge is 0.315 e. The number of carbonyl (C=O) groups is 1. The first-order valence-corrected chi connectivity index (χ1v) is 12.3. The van der Waals surface area contributed by atoms with Gasteiger partial charge in [-0.05, 0) is 62.0 Å². The van der Waals surface area contributed by atoms with Crippen LogP contribution in [0.25, 0.3) is 0 Å². The molecular formula is C26H38NO3+. The summed E-state index contributed by atoms with van der Waals surface area (Å²) in [6.45, 7) is 5.65. The second kappa shape index (κ2) is 8.18. The monoisotopic (exact) mass is 412 g/mol. The predicted octanol–water partition coefficient (Wildman–Crippen LogP) is 4.26. The lowest BCUT2D eigenvalue weighted by Crippen LogP contribution is -2.93. The highest BCUT2D eigenvalue weighted by atomic mass is 16.6. The van der Waals surface area contributed by atoms with Crippen LogP contribution in [0.5, 0.6) is 0 Å². The van der Waals surface area contributed by atoms with E-state index in [1.165, 1.54) is 44.9 Å². The van der Waals surface area contributed by atoms with Gasteiger partial charge in [0.15, 0.2) is 0 Å². The normalized spacial score (nSPS) is 41.0. The minimum absolute atomic E-state index is 0.0207. The quantitative estimate of drug-likeness (QED) is 0.581. The molecule has 1 aromatic rings. The topological polar surface area (TPSA) is 56.0 Å². The molecule has 0 radical (unpaired) electrons. The molecule has 1 aliphatic heterocycles. The van der Waals surface area contributed by atoms with Crippen LogP contribution in [0.3, 0.4) is 0 Å². The SMILES string of the molecule is C[C@H]1CCC[C@]2(C)C[C@H]3OC(=O)[C@H](C[NH2+][C@@H]4CCCC[C@H]4Cc4ccco4)[C@H]3C=C12. The zero-order valence-electron chi connectivity index (χ0n) is 18.6. The Labute approximate surface area is 180 Å². The van der Waals surface area contributed by atoms with Gasteiger partial charge in [0.25, 0.3) is 0 Å². The molecule has 5 rings (SSSR count). The van der Waals surface area contributed by atoms with Crippen molar-refractivity contribution in [3.8, 4) is 0 Å². The number of furan rings is 1. The van der Waals surface area contributed by atoms with Crippen molar-refractivity contribution in [2.24, 2.45) is 29.1 Å². The van der Waals surface area contributed by atoms with Crippen molar-refractivity contribution in [1.29, 1.82) is 0 Å². The molecule has 7 atom stereocenters. The Balaban J connectivity index is 1.28. The van der Waals surface area contributed by atoms with E-state index >= 15 is 0 Å². The van der Waals surface area contributed by atoms with Gasteiger partial charge in [-0.1, -0.05) is 38.3 Å². The third-order valence-corrected chi connectivity index (χ3v) is 8.79. The number of ether oxygens (including phenoxy) is 1. The number of rotatable bonds is 5. The van der Waals surface area contributed by atoms with E-state index in [0.29, 0.717) is 17.9 Å². The fraction of sp³-hybridized carbons (Fsp3) is 0.731. The third kappa shape index (κ3) is 3.77. The van der Waals surface area contributed by atoms with Crippen molar-refractivity contribution in [2.45, 2.75) is 83.8 Å². The maximum atomic E-state index is 12.9. The molecule has 30 heavy (non-hydrogen) atoms. The van der Waals surface area contributed by atoms with Crippen molar-refractivity contribution in [2.75, 3.05) is 6.54 Å². The number of allylic oxidation sites excluding steroid dienone is 1. The molecule has 2 N–H and O–H groups in total. The molecule has 1 aromatic heterocycles. The van der Waals surface area contributed by atoms with Crippen LogP contribution in [0.1, 0.15) is 71.0 Å². The van der Waals surface area contributed by atoms with Gasteiger partial charge in [0, 0.05) is 18.3 Å². The van der Waals surface area contributed by atoms with Crippen LogP contribution in [-0.4, -0.2) is 24.7 Å². The summed E-state index contributed by atoms with van der Waals surface area (Å²) in [6, 6.07) is 4.68. The fourth-order valence-corrected chi connectivity index (χ4v) is 7.12. The number of fused-ring (bicyclic) bond motifs is 2. The average Bonchev–Trinajstić information content (AvgIpc) is 3.33. The van der Waals surface area contributed by atoms with Crippen molar-refractivity contribution >= 4 is 5.97 Å². The van der Waals surface area contributed by atoms with Crippen molar-refractivity contribution in [3.63, 3.8) is 0 Å². The third-order valence-electron chi connectivity index (χ3n) is 8.79. The van der Waals surface area contributed by atoms with Crippen LogP contribution in [0.4, 0.5) is 0 Å². The molecule has 0 unspecified atom stereocenters. The standard InChI is InChI=1S/C26H37NO3/c1-17-7-5-11-26(2)15-24-20(14-22(17)26)21(25(28)30-24)16-27-23-10-4-3-8-18(23)13-19-9-6-12-29-19/h6,9,12,14,17-18,20-21,23-24,27H,3-5,7-8,10-11,13,15-16H2,1-2H3/p+1/t17-,18-,20+,21+,23+,24+,26+/m0/s1. The van der Waals surface area contributed by atoms with Gasteiger partial charge in [-0.2, -0.15) is 0 Å². The van der Waals surface area contributed by atoms with E-state index in [4.69, 9.17) is 9.15 Å². The first kappa shape index (κ1) is 20.4. The van der Waals surface area contributed by atoms with Gasteiger partial charge in [0.2, 0.25) is 0 Å². The van der Waals surface area contributed by atoms with E-state index in [2.05, 4.69) is 31.3 Å². The molecule has 4 aliphatic rings. The molecule has 3 fully saturated rings. The minimum Gasteiger partial charge on any atom is -0.469 e. The second-order valence-corrected chi connectivity index (χ2v) is 10.8. The molecule has 164 valence electrons. The zero-order valence-corrected chi connectivity index (χ0v) is 18.6. The summed E-state index contributed by atoms with van der Waals surface area (Å²) in [4.78, 5) is 12.9. The van der Waals surface area contributed by atoms with E-state index in [-0.39, 0.29) is 29.3 Å². The highest BCUT2D eigenvalue weighted by Crippen LogP contribution is 2.53. The molecule has 0 amide bonds. The summed E-state index contributed by atoms with van der Waals surface area (Å²) in [5, 5.41) is 2.48. The van der Waals surface area contributed by atoms with E-state index in [1.807, 2.05) is 6.07 Å². The highest BCUT2D eigenvalue weighted by Gasteiger charge is 2.52. The Hall–Kier alpha value is -1.55. The van der Waals surface area contributed by atoms with Gasteiger partial charge in [-0.15, -0.1) is 0 Å². The van der Waals surface area contributed by atoms with Gasteiger partial charge in [-0.3, -0.25) is 4.79 Å². The summed E-state index contributed by atoms with van der Waals surface area (Å²) in [6.07, 6.45) is 15.4. The Bertz CT molecular complexity index is 784. The molecule has 3 aliphatic carbocycles. The van der Waals surface area contributed by atoms with Crippen molar-refractivity contribution < 1.29 is 19.3 Å². The van der Waals surface area contributed by atoms with Gasteiger partial charge in [0.1, 0.15) is 17.8 Å². The lowest BCUT2D eigenvalue weighted by atomic mass is 9.59. The van der Waals surface area contributed by atoms with Gasteiger partial charge in [0.05, 0.1) is 18.8 Å². The van der Waals surface area contributed by atoms with Crippen molar-refractivity contribution in [1.82, 2.24) is 0 Å². The summed E-state index contributed by atoms with van der Waals surface area (Å²) in [5.41, 5.74) is 1.86. The number of esters is 1. The lowest BCUT2D eigenvalue weighted by molar-refractivity contribution is -0.702. The van der Waals surface area contributed by atoms with E-state index in [1.54, 1.807) is 11.8 Å².